The van der Waals surface area contributed by atoms with Crippen LogP contribution >= 0.6 is 15.9 Å². The molecule has 0 saturated carbocycles. The Balaban J connectivity index is 3.13. The van der Waals surface area contributed by atoms with Crippen molar-refractivity contribution in [3.05, 3.63) is 28.0 Å². The van der Waals surface area contributed by atoms with E-state index < -0.39 is 11.8 Å². The molecule has 3 nitrogen and oxygen atoms in total. The van der Waals surface area contributed by atoms with Crippen molar-refractivity contribution in [3.8, 4) is 5.75 Å². The summed E-state index contributed by atoms with van der Waals surface area (Å²) >= 11 is 3.13. The SMILES string of the molecule is CCOc1c(Br)cc(F)cc1CC(=O)O. The molecule has 82 valence electrons. The van der Waals surface area contributed by atoms with Gasteiger partial charge in [-0.05, 0) is 35.0 Å². The average molecular weight is 277 g/mol. The molecule has 0 aliphatic rings. The third-order valence-corrected chi connectivity index (χ3v) is 2.30. The van der Waals surface area contributed by atoms with Gasteiger partial charge in [-0.15, -0.1) is 0 Å². The van der Waals surface area contributed by atoms with Crippen molar-refractivity contribution in [2.24, 2.45) is 0 Å². The maximum Gasteiger partial charge on any atom is 0.307 e. The first-order valence-corrected chi connectivity index (χ1v) is 5.16. The molecular formula is C10H10BrFO3. The first kappa shape index (κ1) is 12.0. The van der Waals surface area contributed by atoms with Crippen LogP contribution in [0.3, 0.4) is 0 Å². The average Bonchev–Trinajstić information content (AvgIpc) is 2.10. The van der Waals surface area contributed by atoms with E-state index >= 15 is 0 Å². The second kappa shape index (κ2) is 5.11. The predicted octanol–water partition coefficient (Wildman–Crippen LogP) is 2.61. The Hall–Kier alpha value is -1.10. The summed E-state index contributed by atoms with van der Waals surface area (Å²) in [6, 6.07) is 2.42. The Bertz CT molecular complexity index is 379. The number of carbonyl (C=O) groups is 1. The van der Waals surface area contributed by atoms with Gasteiger partial charge in [0.2, 0.25) is 0 Å². The van der Waals surface area contributed by atoms with Crippen molar-refractivity contribution in [2.45, 2.75) is 13.3 Å². The van der Waals surface area contributed by atoms with Crippen molar-refractivity contribution in [1.29, 1.82) is 0 Å². The van der Waals surface area contributed by atoms with Crippen molar-refractivity contribution >= 4 is 21.9 Å². The third kappa shape index (κ3) is 3.20. The molecule has 1 aromatic carbocycles. The Morgan fingerprint density at radius 3 is 2.80 bits per heavy atom. The van der Waals surface area contributed by atoms with Gasteiger partial charge >= 0.3 is 5.97 Å². The van der Waals surface area contributed by atoms with E-state index in [0.29, 0.717) is 22.4 Å². The Morgan fingerprint density at radius 2 is 2.27 bits per heavy atom. The minimum atomic E-state index is -1.02. The van der Waals surface area contributed by atoms with Gasteiger partial charge in [-0.3, -0.25) is 4.79 Å². The maximum atomic E-state index is 13.0. The van der Waals surface area contributed by atoms with Gasteiger partial charge in [0.15, 0.2) is 0 Å². The van der Waals surface area contributed by atoms with Crippen LogP contribution in [0, 0.1) is 5.82 Å². The molecule has 0 fully saturated rings. The number of rotatable bonds is 4. The zero-order chi connectivity index (χ0) is 11.4. The maximum absolute atomic E-state index is 13.0. The number of carboxylic acid groups (broad SMARTS) is 1. The van der Waals surface area contributed by atoms with E-state index in [9.17, 15) is 9.18 Å². The summed E-state index contributed by atoms with van der Waals surface area (Å²) in [4.78, 5) is 10.6. The highest BCUT2D eigenvalue weighted by atomic mass is 79.9. The standard InChI is InChI=1S/C10H10BrFO3/c1-2-15-10-6(4-9(13)14)3-7(12)5-8(10)11/h3,5H,2,4H2,1H3,(H,13,14). The van der Waals surface area contributed by atoms with Crippen LogP contribution in [0.1, 0.15) is 12.5 Å². The van der Waals surface area contributed by atoms with Gasteiger partial charge in [-0.25, -0.2) is 4.39 Å². The molecule has 15 heavy (non-hydrogen) atoms. The number of halogens is 2. The molecule has 0 aliphatic carbocycles. The summed E-state index contributed by atoms with van der Waals surface area (Å²) in [5, 5.41) is 8.65. The number of ether oxygens (including phenoxy) is 1. The van der Waals surface area contributed by atoms with E-state index in [-0.39, 0.29) is 6.42 Å². The molecular weight excluding hydrogens is 267 g/mol. The van der Waals surface area contributed by atoms with Crippen molar-refractivity contribution in [2.75, 3.05) is 6.61 Å². The molecule has 0 aliphatic heterocycles. The van der Waals surface area contributed by atoms with E-state index in [1.54, 1.807) is 6.92 Å². The lowest BCUT2D eigenvalue weighted by Crippen LogP contribution is -2.05. The van der Waals surface area contributed by atoms with Crippen LogP contribution in [-0.2, 0) is 11.2 Å². The highest BCUT2D eigenvalue weighted by Gasteiger charge is 2.13. The van der Waals surface area contributed by atoms with Gasteiger partial charge in [0.05, 0.1) is 17.5 Å². The molecule has 0 atom stereocenters. The molecule has 5 heteroatoms. The lowest BCUT2D eigenvalue weighted by molar-refractivity contribution is -0.136. The summed E-state index contributed by atoms with van der Waals surface area (Å²) in [5.74, 6) is -1.11. The smallest absolute Gasteiger partial charge is 0.307 e. The topological polar surface area (TPSA) is 46.5 Å². The highest BCUT2D eigenvalue weighted by molar-refractivity contribution is 9.10. The summed E-state index contributed by atoms with van der Waals surface area (Å²) in [5.41, 5.74) is 0.330. The summed E-state index contributed by atoms with van der Waals surface area (Å²) in [6.07, 6.45) is -0.258. The fraction of sp³-hybridized carbons (Fsp3) is 0.300. The van der Waals surface area contributed by atoms with Crippen molar-refractivity contribution in [3.63, 3.8) is 0 Å². The van der Waals surface area contributed by atoms with Gasteiger partial charge in [0.25, 0.3) is 0 Å². The largest absolute Gasteiger partial charge is 0.492 e. The van der Waals surface area contributed by atoms with E-state index in [0.717, 1.165) is 0 Å². The van der Waals surface area contributed by atoms with Crippen molar-refractivity contribution < 1.29 is 19.0 Å². The molecule has 0 spiro atoms. The van der Waals surface area contributed by atoms with E-state index in [2.05, 4.69) is 15.9 Å². The van der Waals surface area contributed by atoms with E-state index in [4.69, 9.17) is 9.84 Å². The van der Waals surface area contributed by atoms with E-state index in [1.165, 1.54) is 12.1 Å². The molecule has 1 aromatic rings. The number of hydrogen-bond acceptors (Lipinski definition) is 2. The number of aliphatic carboxylic acids is 1. The molecule has 0 amide bonds. The lowest BCUT2D eigenvalue weighted by atomic mass is 10.1. The summed E-state index contributed by atoms with van der Waals surface area (Å²) in [7, 11) is 0. The first-order valence-electron chi connectivity index (χ1n) is 4.37. The number of hydrogen-bond donors (Lipinski definition) is 1. The predicted molar refractivity (Wildman–Crippen MR) is 56.6 cm³/mol. The summed E-state index contributed by atoms with van der Waals surface area (Å²) < 4.78 is 18.7. The summed E-state index contributed by atoms with van der Waals surface area (Å²) in [6.45, 7) is 2.18. The monoisotopic (exact) mass is 276 g/mol. The quantitative estimate of drug-likeness (QED) is 0.920. The Kier molecular flexibility index (Phi) is 4.08. The second-order valence-electron chi connectivity index (χ2n) is 2.88. The van der Waals surface area contributed by atoms with Gasteiger partial charge in [-0.2, -0.15) is 0 Å². The van der Waals surface area contributed by atoms with E-state index in [1.807, 2.05) is 0 Å². The molecule has 0 radical (unpaired) electrons. The van der Waals surface area contributed by atoms with Gasteiger partial charge in [-0.1, -0.05) is 0 Å². The third-order valence-electron chi connectivity index (χ3n) is 1.72. The minimum absolute atomic E-state index is 0.258. The molecule has 0 saturated heterocycles. The molecule has 1 N–H and O–H groups in total. The van der Waals surface area contributed by atoms with Gasteiger partial charge < -0.3 is 9.84 Å². The van der Waals surface area contributed by atoms with Crippen LogP contribution in [-0.4, -0.2) is 17.7 Å². The molecule has 0 bridgehead atoms. The number of benzene rings is 1. The van der Waals surface area contributed by atoms with Crippen molar-refractivity contribution in [1.82, 2.24) is 0 Å². The Morgan fingerprint density at radius 1 is 1.60 bits per heavy atom. The first-order chi connectivity index (χ1) is 7.04. The van der Waals surface area contributed by atoms with Crippen LogP contribution in [0.25, 0.3) is 0 Å². The highest BCUT2D eigenvalue weighted by Crippen LogP contribution is 2.30. The van der Waals surface area contributed by atoms with Crippen LogP contribution in [0.4, 0.5) is 4.39 Å². The fourth-order valence-corrected chi connectivity index (χ4v) is 1.80. The zero-order valence-corrected chi connectivity index (χ0v) is 9.67. The van der Waals surface area contributed by atoms with Crippen LogP contribution in [0.2, 0.25) is 0 Å². The molecule has 1 rings (SSSR count). The minimum Gasteiger partial charge on any atom is -0.492 e. The van der Waals surface area contributed by atoms with Gasteiger partial charge in [0, 0.05) is 5.56 Å². The fourth-order valence-electron chi connectivity index (χ4n) is 1.21. The molecule has 0 heterocycles. The normalized spacial score (nSPS) is 10.1. The van der Waals surface area contributed by atoms with Crippen LogP contribution in [0.5, 0.6) is 5.75 Å². The van der Waals surface area contributed by atoms with Crippen LogP contribution < -0.4 is 4.74 Å². The molecule has 0 aromatic heterocycles. The van der Waals surface area contributed by atoms with Crippen LogP contribution in [0.15, 0.2) is 16.6 Å². The lowest BCUT2D eigenvalue weighted by Gasteiger charge is -2.10. The number of carboxylic acids is 1. The zero-order valence-electron chi connectivity index (χ0n) is 8.09. The van der Waals surface area contributed by atoms with Gasteiger partial charge in [0.1, 0.15) is 11.6 Å². The second-order valence-corrected chi connectivity index (χ2v) is 3.73. The Labute approximate surface area is 95.0 Å². The molecule has 0 unspecified atom stereocenters.